The van der Waals surface area contributed by atoms with Crippen molar-refractivity contribution in [3.05, 3.63) is 29.6 Å². The molecule has 0 spiro atoms. The molecule has 2 saturated heterocycles. The Kier molecular flexibility index (Phi) is 4.31. The van der Waals surface area contributed by atoms with Gasteiger partial charge >= 0.3 is 0 Å². The Hall–Kier alpha value is -1.46. The summed E-state index contributed by atoms with van der Waals surface area (Å²) in [5.41, 5.74) is 1.47. The predicted octanol–water partition coefficient (Wildman–Crippen LogP) is 1.96. The van der Waals surface area contributed by atoms with Crippen molar-refractivity contribution < 1.29 is 9.53 Å². The van der Waals surface area contributed by atoms with Gasteiger partial charge in [0, 0.05) is 44.9 Å². The van der Waals surface area contributed by atoms with Crippen LogP contribution in [-0.2, 0) is 4.74 Å². The van der Waals surface area contributed by atoms with Gasteiger partial charge in [0.05, 0.1) is 12.1 Å². The highest BCUT2D eigenvalue weighted by Crippen LogP contribution is 2.36. The molecule has 3 aliphatic rings. The summed E-state index contributed by atoms with van der Waals surface area (Å²) in [5.74, 6) is 1.39. The van der Waals surface area contributed by atoms with Gasteiger partial charge in [-0.1, -0.05) is 6.07 Å². The maximum Gasteiger partial charge on any atom is 0.272 e. The molecule has 5 heteroatoms. The van der Waals surface area contributed by atoms with E-state index in [9.17, 15) is 4.79 Å². The normalized spacial score (nSPS) is 30.4. The molecular weight excluding hydrogens is 302 g/mol. The summed E-state index contributed by atoms with van der Waals surface area (Å²) in [6.07, 6.45) is 3.94. The fourth-order valence-corrected chi connectivity index (χ4v) is 4.40. The van der Waals surface area contributed by atoms with Crippen molar-refractivity contribution in [2.45, 2.75) is 38.3 Å². The van der Waals surface area contributed by atoms with Crippen LogP contribution in [0.15, 0.2) is 18.2 Å². The fourth-order valence-electron chi connectivity index (χ4n) is 4.40. The number of hydrogen-bond donors (Lipinski definition) is 0. The molecule has 0 N–H and O–H groups in total. The third-order valence-corrected chi connectivity index (χ3v) is 5.83. The number of piperidine rings is 1. The minimum absolute atomic E-state index is 0.0801. The number of likely N-dealkylation sites (tertiary alicyclic amines) is 2. The van der Waals surface area contributed by atoms with Crippen molar-refractivity contribution in [3.63, 3.8) is 0 Å². The molecule has 0 aromatic carbocycles. The quantitative estimate of drug-likeness (QED) is 0.847. The van der Waals surface area contributed by atoms with Gasteiger partial charge in [-0.25, -0.2) is 4.98 Å². The summed E-state index contributed by atoms with van der Waals surface area (Å²) in [4.78, 5) is 22.1. The Bertz CT molecular complexity index is 616. The Labute approximate surface area is 144 Å². The van der Waals surface area contributed by atoms with Gasteiger partial charge < -0.3 is 14.5 Å². The minimum Gasteiger partial charge on any atom is -0.381 e. The fraction of sp³-hybridized carbons (Fsp3) is 0.684. The van der Waals surface area contributed by atoms with Crippen LogP contribution in [0, 0.1) is 18.8 Å². The van der Waals surface area contributed by atoms with E-state index in [1.165, 1.54) is 19.4 Å². The number of fused-ring (bicyclic) bond motifs is 1. The van der Waals surface area contributed by atoms with E-state index in [1.807, 2.05) is 32.2 Å². The monoisotopic (exact) mass is 329 g/mol. The molecule has 5 nitrogen and oxygen atoms in total. The lowest BCUT2D eigenvalue weighted by Gasteiger charge is -2.41. The van der Waals surface area contributed by atoms with E-state index < -0.39 is 0 Å². The standard InChI is InChI=1S/C19H27N3O2/c1-13-4-3-5-16(20-13)19(23)22-9-8-18(24-2)15-11-21(12-17(15)22)10-14-6-7-14/h3-5,14-15,17-18H,6-12H2,1-2H3/t15-,17+,18+/m1/s1. The second-order valence-electron chi connectivity index (χ2n) is 7.62. The van der Waals surface area contributed by atoms with E-state index >= 15 is 0 Å². The molecule has 1 aliphatic carbocycles. The Morgan fingerprint density at radius 2 is 2.12 bits per heavy atom. The van der Waals surface area contributed by atoms with Gasteiger partial charge in [0.2, 0.25) is 0 Å². The van der Waals surface area contributed by atoms with Crippen LogP contribution in [-0.4, -0.2) is 66.1 Å². The summed E-state index contributed by atoms with van der Waals surface area (Å²) in [5, 5.41) is 0. The zero-order valence-corrected chi connectivity index (χ0v) is 14.6. The molecule has 24 heavy (non-hydrogen) atoms. The van der Waals surface area contributed by atoms with Crippen LogP contribution in [0.25, 0.3) is 0 Å². The van der Waals surface area contributed by atoms with Gasteiger partial charge in [-0.3, -0.25) is 4.79 Å². The summed E-state index contributed by atoms with van der Waals surface area (Å²) in [6.45, 7) is 5.94. The van der Waals surface area contributed by atoms with E-state index in [1.54, 1.807) is 0 Å². The van der Waals surface area contributed by atoms with E-state index in [0.717, 1.165) is 37.7 Å². The molecule has 0 bridgehead atoms. The van der Waals surface area contributed by atoms with Crippen LogP contribution in [0.2, 0.25) is 0 Å². The number of carbonyl (C=O) groups is 1. The summed E-state index contributed by atoms with van der Waals surface area (Å²) in [6, 6.07) is 5.95. The number of aryl methyl sites for hydroxylation is 1. The van der Waals surface area contributed by atoms with Gasteiger partial charge in [-0.15, -0.1) is 0 Å². The van der Waals surface area contributed by atoms with Crippen molar-refractivity contribution in [2.24, 2.45) is 11.8 Å². The number of ether oxygens (including phenoxy) is 1. The first-order valence-corrected chi connectivity index (χ1v) is 9.15. The summed E-state index contributed by atoms with van der Waals surface area (Å²) >= 11 is 0. The molecule has 3 heterocycles. The second-order valence-corrected chi connectivity index (χ2v) is 7.62. The number of amides is 1. The van der Waals surface area contributed by atoms with Crippen LogP contribution in [0.3, 0.4) is 0 Å². The molecule has 0 radical (unpaired) electrons. The number of hydrogen-bond acceptors (Lipinski definition) is 4. The van der Waals surface area contributed by atoms with Crippen molar-refractivity contribution in [1.82, 2.24) is 14.8 Å². The summed E-state index contributed by atoms with van der Waals surface area (Å²) < 4.78 is 5.75. The molecule has 130 valence electrons. The average molecular weight is 329 g/mol. The first kappa shape index (κ1) is 16.0. The molecule has 0 unspecified atom stereocenters. The van der Waals surface area contributed by atoms with Crippen molar-refractivity contribution in [1.29, 1.82) is 0 Å². The third kappa shape index (κ3) is 3.07. The molecule has 3 fully saturated rings. The average Bonchev–Trinajstić information content (AvgIpc) is 3.29. The number of pyridine rings is 1. The summed E-state index contributed by atoms with van der Waals surface area (Å²) in [7, 11) is 1.81. The van der Waals surface area contributed by atoms with E-state index in [2.05, 4.69) is 14.8 Å². The van der Waals surface area contributed by atoms with Crippen LogP contribution >= 0.6 is 0 Å². The molecule has 3 atom stereocenters. The van der Waals surface area contributed by atoms with Gasteiger partial charge in [-0.05, 0) is 44.2 Å². The molecule has 1 amide bonds. The molecule has 4 rings (SSSR count). The molecule has 1 aromatic heterocycles. The van der Waals surface area contributed by atoms with Gasteiger partial charge in [0.15, 0.2) is 0 Å². The van der Waals surface area contributed by atoms with Crippen molar-refractivity contribution in [3.8, 4) is 0 Å². The second kappa shape index (κ2) is 6.45. The van der Waals surface area contributed by atoms with Gasteiger partial charge in [-0.2, -0.15) is 0 Å². The highest BCUT2D eigenvalue weighted by atomic mass is 16.5. The number of rotatable bonds is 4. The molecule has 2 aliphatic heterocycles. The Morgan fingerprint density at radius 1 is 1.29 bits per heavy atom. The zero-order valence-electron chi connectivity index (χ0n) is 14.6. The smallest absolute Gasteiger partial charge is 0.272 e. The molecule has 1 saturated carbocycles. The Morgan fingerprint density at radius 3 is 2.83 bits per heavy atom. The van der Waals surface area contributed by atoms with Crippen LogP contribution < -0.4 is 0 Å². The first-order valence-electron chi connectivity index (χ1n) is 9.15. The number of nitrogens with zero attached hydrogens (tertiary/aromatic N) is 3. The van der Waals surface area contributed by atoms with Crippen LogP contribution in [0.1, 0.15) is 35.4 Å². The highest BCUT2D eigenvalue weighted by molar-refractivity contribution is 5.92. The lowest BCUT2D eigenvalue weighted by atomic mass is 9.88. The van der Waals surface area contributed by atoms with Crippen LogP contribution in [0.5, 0.6) is 0 Å². The van der Waals surface area contributed by atoms with Gasteiger partial charge in [0.25, 0.3) is 5.91 Å². The van der Waals surface area contributed by atoms with Crippen LogP contribution in [0.4, 0.5) is 0 Å². The van der Waals surface area contributed by atoms with Crippen molar-refractivity contribution >= 4 is 5.91 Å². The van der Waals surface area contributed by atoms with E-state index in [-0.39, 0.29) is 18.1 Å². The minimum atomic E-state index is 0.0801. The lowest BCUT2D eigenvalue weighted by molar-refractivity contribution is -0.0158. The van der Waals surface area contributed by atoms with Gasteiger partial charge in [0.1, 0.15) is 5.69 Å². The number of methoxy groups -OCH3 is 1. The molecule has 1 aromatic rings. The van der Waals surface area contributed by atoms with Crippen molar-refractivity contribution in [2.75, 3.05) is 33.3 Å². The van der Waals surface area contributed by atoms with E-state index in [0.29, 0.717) is 11.6 Å². The SMILES string of the molecule is CO[C@H]1CCN(C(=O)c2cccc(C)n2)[C@H]2CN(CC3CC3)C[C@@H]12. The topological polar surface area (TPSA) is 45.7 Å². The molecular formula is C19H27N3O2. The highest BCUT2D eigenvalue weighted by Gasteiger charge is 2.47. The largest absolute Gasteiger partial charge is 0.381 e. The van der Waals surface area contributed by atoms with E-state index in [4.69, 9.17) is 4.74 Å². The lowest BCUT2D eigenvalue weighted by Crippen LogP contribution is -2.53. The maximum absolute atomic E-state index is 13.0. The Balaban J connectivity index is 1.53. The first-order chi connectivity index (χ1) is 11.7. The maximum atomic E-state index is 13.0. The predicted molar refractivity (Wildman–Crippen MR) is 91.9 cm³/mol. The zero-order chi connectivity index (χ0) is 16.7. The number of aromatic nitrogens is 1. The third-order valence-electron chi connectivity index (χ3n) is 5.83. The number of carbonyl (C=O) groups excluding carboxylic acids is 1.